The number of carbonyl (C=O) groups is 2. The van der Waals surface area contributed by atoms with Gasteiger partial charge in [-0.15, -0.1) is 0 Å². The van der Waals surface area contributed by atoms with Crippen LogP contribution in [-0.4, -0.2) is 76.0 Å². The van der Waals surface area contributed by atoms with Crippen molar-refractivity contribution in [3.63, 3.8) is 0 Å². The smallest absolute Gasteiger partial charge is 0.235 e. The molecule has 1 heterocycles. The third kappa shape index (κ3) is 5.30. The number of nitrogens with one attached hydrogen (secondary N) is 2. The fourth-order valence-corrected chi connectivity index (χ4v) is 0.746. The van der Waals surface area contributed by atoms with Crippen LogP contribution in [0.5, 0.6) is 0 Å². The van der Waals surface area contributed by atoms with E-state index in [1.54, 1.807) is 0 Å². The van der Waals surface area contributed by atoms with Crippen molar-refractivity contribution in [1.82, 2.24) is 10.6 Å². The molecule has 0 saturated carbocycles. The van der Waals surface area contributed by atoms with Crippen molar-refractivity contribution >= 4 is 88.3 Å². The Morgan fingerprint density at radius 1 is 1.09 bits per heavy atom. The van der Waals surface area contributed by atoms with Gasteiger partial charge in [-0.3, -0.25) is 9.59 Å². The third-order valence-electron chi connectivity index (χ3n) is 0.827. The summed E-state index contributed by atoms with van der Waals surface area (Å²) in [5.41, 5.74) is 0. The maximum absolute atomic E-state index is 10.4. The second kappa shape index (κ2) is 6.54. The molecule has 50 valence electrons. The minimum Gasteiger partial charge on any atom is -0.302 e. The van der Waals surface area contributed by atoms with Gasteiger partial charge in [0.25, 0.3) is 0 Å². The summed E-state index contributed by atoms with van der Waals surface area (Å²) >= 11 is 4.50. The van der Waals surface area contributed by atoms with Crippen LogP contribution in [-0.2, 0) is 9.59 Å². The van der Waals surface area contributed by atoms with Crippen LogP contribution in [0.25, 0.3) is 0 Å². The van der Waals surface area contributed by atoms with E-state index in [1.165, 1.54) is 0 Å². The van der Waals surface area contributed by atoms with E-state index < -0.39 is 0 Å². The van der Waals surface area contributed by atoms with Crippen molar-refractivity contribution < 1.29 is 9.59 Å². The molecule has 7 heteroatoms. The molecule has 0 aromatic carbocycles. The second-order valence-corrected chi connectivity index (χ2v) is 2.01. The Morgan fingerprint density at radius 2 is 1.45 bits per heavy atom. The number of carbonyl (C=O) groups excluding carboxylic acids is 2. The molecule has 0 bridgehead atoms. The molecule has 0 aromatic rings. The van der Waals surface area contributed by atoms with Gasteiger partial charge in [0.2, 0.25) is 11.8 Å². The molecule has 0 aliphatic carbocycles. The van der Waals surface area contributed by atoms with Crippen LogP contribution in [0.15, 0.2) is 0 Å². The number of hydrogen-bond donors (Lipinski definition) is 2. The number of amides is 2. The fourth-order valence-electron chi connectivity index (χ4n) is 0.519. The molecule has 1 fully saturated rings. The largest absolute Gasteiger partial charge is 0.302 e. The molecule has 0 aromatic heterocycles. The Morgan fingerprint density at radius 3 is 1.73 bits per heavy atom. The van der Waals surface area contributed by atoms with Gasteiger partial charge < -0.3 is 10.6 Å². The molecule has 2 N–H and O–H groups in total. The van der Waals surface area contributed by atoms with Gasteiger partial charge in [0, 0.05) is 59.1 Å². The summed E-state index contributed by atoms with van der Waals surface area (Å²) in [6.45, 7) is 0. The van der Waals surface area contributed by atoms with Crippen molar-refractivity contribution in [3.05, 3.63) is 0 Å². The standard InChI is InChI=1S/C4H4N2O2S.2Na/c7-2-1-3(8)6-4(9)5-2;;/h1H2,(H2,5,6,7,8,9);;. The third-order valence-corrected chi connectivity index (χ3v) is 1.03. The van der Waals surface area contributed by atoms with E-state index in [4.69, 9.17) is 0 Å². The maximum atomic E-state index is 10.4. The number of rotatable bonds is 0. The number of thiocarbonyl (C=S) groups is 1. The first-order valence-electron chi connectivity index (χ1n) is 2.32. The zero-order valence-corrected chi connectivity index (χ0v) is 11.2. The maximum Gasteiger partial charge on any atom is 0.235 e. The van der Waals surface area contributed by atoms with E-state index >= 15 is 0 Å². The average Bonchev–Trinajstić information content (AvgIpc) is 1.59. The summed E-state index contributed by atoms with van der Waals surface area (Å²) in [5, 5.41) is 4.63. The Labute approximate surface area is 113 Å². The minimum atomic E-state index is -0.344. The summed E-state index contributed by atoms with van der Waals surface area (Å²) in [4.78, 5) is 20.8. The summed E-state index contributed by atoms with van der Waals surface area (Å²) in [6.07, 6.45) is -0.125. The van der Waals surface area contributed by atoms with Crippen LogP contribution in [0.1, 0.15) is 6.42 Å². The van der Waals surface area contributed by atoms with Gasteiger partial charge in [-0.25, -0.2) is 0 Å². The zero-order chi connectivity index (χ0) is 6.85. The van der Waals surface area contributed by atoms with Crippen LogP contribution in [0.4, 0.5) is 0 Å². The second-order valence-electron chi connectivity index (χ2n) is 1.60. The van der Waals surface area contributed by atoms with Crippen LogP contribution in [0.2, 0.25) is 0 Å². The van der Waals surface area contributed by atoms with Crippen molar-refractivity contribution in [2.45, 2.75) is 6.42 Å². The normalized spacial score (nSPS) is 15.5. The van der Waals surface area contributed by atoms with Crippen molar-refractivity contribution in [1.29, 1.82) is 0 Å². The van der Waals surface area contributed by atoms with Crippen molar-refractivity contribution in [2.24, 2.45) is 0 Å². The minimum absolute atomic E-state index is 0. The molecular weight excluding hydrogens is 186 g/mol. The topological polar surface area (TPSA) is 58.2 Å². The van der Waals surface area contributed by atoms with Crippen LogP contribution in [0, 0.1) is 0 Å². The molecule has 1 saturated heterocycles. The van der Waals surface area contributed by atoms with Crippen LogP contribution >= 0.6 is 12.2 Å². The monoisotopic (exact) mass is 190 g/mol. The Balaban J connectivity index is 0. The zero-order valence-electron chi connectivity index (χ0n) is 6.43. The van der Waals surface area contributed by atoms with Gasteiger partial charge >= 0.3 is 0 Å². The quantitative estimate of drug-likeness (QED) is 0.268. The molecule has 0 unspecified atom stereocenters. The Kier molecular flexibility index (Phi) is 8.64. The number of hydrogen-bond acceptors (Lipinski definition) is 3. The molecule has 4 nitrogen and oxygen atoms in total. The van der Waals surface area contributed by atoms with Gasteiger partial charge in [-0.2, -0.15) is 0 Å². The van der Waals surface area contributed by atoms with E-state index in [-0.39, 0.29) is 82.5 Å². The van der Waals surface area contributed by atoms with Gasteiger partial charge in [-0.1, -0.05) is 0 Å². The first-order valence-corrected chi connectivity index (χ1v) is 2.73. The molecule has 1 rings (SSSR count). The van der Waals surface area contributed by atoms with Gasteiger partial charge in [0.05, 0.1) is 0 Å². The first-order chi connectivity index (χ1) is 4.18. The van der Waals surface area contributed by atoms with E-state index in [2.05, 4.69) is 22.9 Å². The fraction of sp³-hybridized carbons (Fsp3) is 0.250. The molecule has 2 radical (unpaired) electrons. The molecule has 1 aliphatic heterocycles. The van der Waals surface area contributed by atoms with Gasteiger partial charge in [0.15, 0.2) is 5.11 Å². The van der Waals surface area contributed by atoms with Crippen molar-refractivity contribution in [3.8, 4) is 0 Å². The SMILES string of the molecule is O=C1CC(=O)NC(=S)N1.[Na].[Na]. The average molecular weight is 190 g/mol. The Bertz CT molecular complexity index is 151. The molecule has 0 atom stereocenters. The Hall–Kier alpha value is 1.03. The molecule has 1 aliphatic rings. The van der Waals surface area contributed by atoms with E-state index in [0.29, 0.717) is 0 Å². The molecular formula is C4H4N2Na2O2S. The molecule has 2 amide bonds. The van der Waals surface area contributed by atoms with E-state index in [9.17, 15) is 9.59 Å². The predicted molar refractivity (Wildman–Crippen MR) is 45.0 cm³/mol. The van der Waals surface area contributed by atoms with Gasteiger partial charge in [0.1, 0.15) is 6.42 Å². The van der Waals surface area contributed by atoms with Gasteiger partial charge in [-0.05, 0) is 12.2 Å². The van der Waals surface area contributed by atoms with Crippen molar-refractivity contribution in [2.75, 3.05) is 0 Å². The summed E-state index contributed by atoms with van der Waals surface area (Å²) in [5.74, 6) is -0.687. The summed E-state index contributed by atoms with van der Waals surface area (Å²) < 4.78 is 0. The first kappa shape index (κ1) is 14.5. The molecule has 11 heavy (non-hydrogen) atoms. The predicted octanol–water partition coefficient (Wildman–Crippen LogP) is -1.85. The van der Waals surface area contributed by atoms with E-state index in [1.807, 2.05) is 0 Å². The summed E-state index contributed by atoms with van der Waals surface area (Å²) in [7, 11) is 0. The van der Waals surface area contributed by atoms with Crippen LogP contribution < -0.4 is 10.6 Å². The van der Waals surface area contributed by atoms with Crippen LogP contribution in [0.3, 0.4) is 0 Å². The summed E-state index contributed by atoms with van der Waals surface area (Å²) in [6, 6.07) is 0. The molecule has 0 spiro atoms. The van der Waals surface area contributed by atoms with E-state index in [0.717, 1.165) is 0 Å².